The second-order valence-electron chi connectivity index (χ2n) is 3.51. The van der Waals surface area contributed by atoms with Crippen LogP contribution in [0.25, 0.3) is 0 Å². The monoisotopic (exact) mass is 212 g/mol. The van der Waals surface area contributed by atoms with Crippen LogP contribution < -0.4 is 0 Å². The quantitative estimate of drug-likeness (QED) is 0.469. The predicted octanol–water partition coefficient (Wildman–Crippen LogP) is 3.28. The van der Waals surface area contributed by atoms with E-state index in [1.54, 1.807) is 20.8 Å². The van der Waals surface area contributed by atoms with E-state index in [2.05, 4.69) is 0 Å². The van der Waals surface area contributed by atoms with Gasteiger partial charge in [-0.05, 0) is 0 Å². The molecule has 0 unspecified atom stereocenters. The lowest BCUT2D eigenvalue weighted by Gasteiger charge is -2.19. The number of hydrogen-bond acceptors (Lipinski definition) is 3. The van der Waals surface area contributed by atoms with Gasteiger partial charge in [0.05, 0.1) is 5.04 Å². The van der Waals surface area contributed by atoms with Crippen molar-refractivity contribution in [3.8, 4) is 0 Å². The van der Waals surface area contributed by atoms with Gasteiger partial charge in [0.2, 0.25) is 0 Å². The first kappa shape index (κ1) is 12.5. The van der Waals surface area contributed by atoms with Crippen molar-refractivity contribution in [2.75, 3.05) is 0 Å². The molecule has 0 heterocycles. The van der Waals surface area contributed by atoms with Crippen LogP contribution >= 0.6 is 11.8 Å². The highest BCUT2D eigenvalue weighted by Gasteiger charge is 2.37. The molecule has 76 valence electrons. The minimum absolute atomic E-state index is 0.155. The van der Waals surface area contributed by atoms with Crippen LogP contribution in [-0.4, -0.2) is 16.3 Å². The SMILES string of the molecule is CC(C)(C)C(=N)SC(=N)C(F)(F)F. The Hall–Kier alpha value is -0.520. The highest BCUT2D eigenvalue weighted by Crippen LogP contribution is 2.30. The molecule has 0 saturated carbocycles. The van der Waals surface area contributed by atoms with Crippen molar-refractivity contribution in [3.05, 3.63) is 0 Å². The molecule has 0 atom stereocenters. The molecule has 0 aromatic heterocycles. The molecule has 6 heteroatoms. The molecule has 0 aromatic carbocycles. The summed E-state index contributed by atoms with van der Waals surface area (Å²) in [7, 11) is 0. The van der Waals surface area contributed by atoms with E-state index in [0.717, 1.165) is 0 Å². The lowest BCUT2D eigenvalue weighted by atomic mass is 9.99. The van der Waals surface area contributed by atoms with E-state index in [1.165, 1.54) is 0 Å². The maximum Gasteiger partial charge on any atom is 0.439 e. The molecule has 0 aliphatic carbocycles. The third-order valence-electron chi connectivity index (χ3n) is 1.14. The number of nitrogens with one attached hydrogen (secondary N) is 2. The molecule has 0 rings (SSSR count). The molecule has 0 aliphatic rings. The zero-order valence-corrected chi connectivity index (χ0v) is 8.36. The first-order valence-electron chi connectivity index (χ1n) is 3.48. The predicted molar refractivity (Wildman–Crippen MR) is 48.6 cm³/mol. The van der Waals surface area contributed by atoms with Crippen molar-refractivity contribution in [2.24, 2.45) is 5.41 Å². The van der Waals surface area contributed by atoms with Crippen LogP contribution in [0.5, 0.6) is 0 Å². The molecule has 0 radical (unpaired) electrons. The zero-order valence-electron chi connectivity index (χ0n) is 7.54. The van der Waals surface area contributed by atoms with Crippen molar-refractivity contribution in [3.63, 3.8) is 0 Å². The summed E-state index contributed by atoms with van der Waals surface area (Å²) in [5.74, 6) is 0. The van der Waals surface area contributed by atoms with E-state index in [-0.39, 0.29) is 16.8 Å². The van der Waals surface area contributed by atoms with Crippen molar-refractivity contribution in [2.45, 2.75) is 26.9 Å². The van der Waals surface area contributed by atoms with Gasteiger partial charge in [-0.15, -0.1) is 0 Å². The summed E-state index contributed by atoms with van der Waals surface area (Å²) in [6.45, 7) is 4.89. The van der Waals surface area contributed by atoms with Crippen molar-refractivity contribution in [1.29, 1.82) is 10.8 Å². The van der Waals surface area contributed by atoms with Gasteiger partial charge in [0.15, 0.2) is 5.04 Å². The maximum absolute atomic E-state index is 11.9. The van der Waals surface area contributed by atoms with E-state index in [9.17, 15) is 13.2 Å². The van der Waals surface area contributed by atoms with Crippen LogP contribution in [0.4, 0.5) is 13.2 Å². The second-order valence-corrected chi connectivity index (χ2v) is 4.53. The Morgan fingerprint density at radius 1 is 1.00 bits per heavy atom. The van der Waals surface area contributed by atoms with Gasteiger partial charge in [-0.1, -0.05) is 32.5 Å². The molecule has 0 bridgehead atoms. The molecule has 0 saturated heterocycles. The summed E-state index contributed by atoms with van der Waals surface area (Å²) >= 11 is 0.155. The Balaban J connectivity index is 4.34. The van der Waals surface area contributed by atoms with E-state index in [0.29, 0.717) is 0 Å². The molecule has 2 N–H and O–H groups in total. The first-order chi connectivity index (χ1) is 5.55. The minimum atomic E-state index is -4.64. The van der Waals surface area contributed by atoms with Gasteiger partial charge in [-0.2, -0.15) is 13.2 Å². The molecular formula is C7H11F3N2S. The summed E-state index contributed by atoms with van der Waals surface area (Å²) in [5.41, 5.74) is -0.637. The van der Waals surface area contributed by atoms with E-state index in [4.69, 9.17) is 10.8 Å². The molecule has 0 aromatic rings. The average molecular weight is 212 g/mol. The van der Waals surface area contributed by atoms with Crippen LogP contribution in [0, 0.1) is 16.2 Å². The molecule has 0 fully saturated rings. The Morgan fingerprint density at radius 2 is 1.38 bits per heavy atom. The van der Waals surface area contributed by atoms with Crippen LogP contribution in [0.15, 0.2) is 0 Å². The molecular weight excluding hydrogens is 201 g/mol. The van der Waals surface area contributed by atoms with Crippen LogP contribution in [0.1, 0.15) is 20.8 Å². The Morgan fingerprint density at radius 3 is 1.62 bits per heavy atom. The molecule has 2 nitrogen and oxygen atoms in total. The van der Waals surface area contributed by atoms with Gasteiger partial charge >= 0.3 is 6.18 Å². The highest BCUT2D eigenvalue weighted by molar-refractivity contribution is 8.26. The number of halogens is 3. The number of rotatable bonds is 0. The largest absolute Gasteiger partial charge is 0.439 e. The molecule has 13 heavy (non-hydrogen) atoms. The van der Waals surface area contributed by atoms with Crippen molar-refractivity contribution < 1.29 is 13.2 Å². The van der Waals surface area contributed by atoms with E-state index >= 15 is 0 Å². The zero-order chi connectivity index (χ0) is 10.9. The second kappa shape index (κ2) is 3.69. The topological polar surface area (TPSA) is 47.7 Å². The van der Waals surface area contributed by atoms with Gasteiger partial charge in [0.25, 0.3) is 0 Å². The molecule has 0 amide bonds. The number of alkyl halides is 3. The summed E-state index contributed by atoms with van der Waals surface area (Å²) in [6.07, 6.45) is -4.64. The molecule has 0 aliphatic heterocycles. The fourth-order valence-corrected chi connectivity index (χ4v) is 0.939. The average Bonchev–Trinajstić information content (AvgIpc) is 1.82. The smallest absolute Gasteiger partial charge is 0.297 e. The Labute approximate surface area is 78.9 Å². The summed E-state index contributed by atoms with van der Waals surface area (Å²) < 4.78 is 35.6. The lowest BCUT2D eigenvalue weighted by molar-refractivity contribution is -0.0560. The molecule has 0 spiro atoms. The standard InChI is InChI=1S/C7H11F3N2S/c1-6(2,3)4(11)13-5(12)7(8,9)10/h11-12H,1-3H3. The van der Waals surface area contributed by atoms with E-state index < -0.39 is 16.6 Å². The summed E-state index contributed by atoms with van der Waals surface area (Å²) in [6, 6.07) is 0. The van der Waals surface area contributed by atoms with Gasteiger partial charge in [-0.3, -0.25) is 10.8 Å². The summed E-state index contributed by atoms with van der Waals surface area (Å²) in [5, 5.41) is 12.3. The Kier molecular flexibility index (Phi) is 3.54. The minimum Gasteiger partial charge on any atom is -0.297 e. The third-order valence-corrected chi connectivity index (χ3v) is 2.39. The number of hydrogen-bond donors (Lipinski definition) is 2. The lowest BCUT2D eigenvalue weighted by Crippen LogP contribution is -2.24. The van der Waals surface area contributed by atoms with Gasteiger partial charge in [0.1, 0.15) is 0 Å². The van der Waals surface area contributed by atoms with E-state index in [1.807, 2.05) is 0 Å². The highest BCUT2D eigenvalue weighted by atomic mass is 32.2. The number of thioether (sulfide) groups is 1. The third kappa shape index (κ3) is 4.31. The van der Waals surface area contributed by atoms with Crippen LogP contribution in [-0.2, 0) is 0 Å². The van der Waals surface area contributed by atoms with Gasteiger partial charge < -0.3 is 0 Å². The van der Waals surface area contributed by atoms with Crippen LogP contribution in [0.2, 0.25) is 0 Å². The fraction of sp³-hybridized carbons (Fsp3) is 0.714. The fourth-order valence-electron chi connectivity index (χ4n) is 0.313. The van der Waals surface area contributed by atoms with Crippen molar-refractivity contribution in [1.82, 2.24) is 0 Å². The van der Waals surface area contributed by atoms with Crippen molar-refractivity contribution >= 4 is 21.8 Å². The van der Waals surface area contributed by atoms with Crippen LogP contribution in [0.3, 0.4) is 0 Å². The van der Waals surface area contributed by atoms with Gasteiger partial charge in [-0.25, -0.2) is 0 Å². The summed E-state index contributed by atoms with van der Waals surface area (Å²) in [4.78, 5) is 0. The normalized spacial score (nSPS) is 12.8. The first-order valence-corrected chi connectivity index (χ1v) is 4.29. The van der Waals surface area contributed by atoms with Gasteiger partial charge in [0, 0.05) is 5.41 Å². The Bertz CT molecular complexity index is 203. The maximum atomic E-state index is 11.9.